The molecule has 13 heavy (non-hydrogen) atoms. The number of aromatic hydroxyl groups is 1. The van der Waals surface area contributed by atoms with Crippen LogP contribution < -0.4 is 0 Å². The molecular weight excluding hydrogens is 184 g/mol. The van der Waals surface area contributed by atoms with Gasteiger partial charge in [0.05, 0.1) is 0 Å². The first kappa shape index (κ1) is 9.95. The van der Waals surface area contributed by atoms with Crippen molar-refractivity contribution in [1.29, 1.82) is 0 Å². The third-order valence-corrected chi connectivity index (χ3v) is 1.84. The normalized spacial score (nSPS) is 9.08. The number of hydrogen-bond donors (Lipinski definition) is 1. The zero-order valence-electron chi connectivity index (χ0n) is 7.47. The minimum Gasteiger partial charge on any atom is -0.508 e. The molecule has 0 aliphatic rings. The molecule has 0 radical (unpaired) electrons. The topological polar surface area (TPSA) is 20.2 Å². The molecule has 0 heterocycles. The Labute approximate surface area is 83.4 Å². The maximum atomic E-state index is 9.25. The van der Waals surface area contributed by atoms with Gasteiger partial charge >= 0.3 is 0 Å². The molecule has 0 aliphatic carbocycles. The number of alkyl halides is 1. The van der Waals surface area contributed by atoms with Crippen LogP contribution in [0.5, 0.6) is 5.75 Å². The van der Waals surface area contributed by atoms with Gasteiger partial charge in [-0.1, -0.05) is 11.8 Å². The highest BCUT2D eigenvalue weighted by Crippen LogP contribution is 2.16. The highest BCUT2D eigenvalue weighted by molar-refractivity contribution is 6.18. The van der Waals surface area contributed by atoms with Crippen LogP contribution in [0.4, 0.5) is 0 Å². The quantitative estimate of drug-likeness (QED) is 0.539. The molecule has 0 amide bonds. The van der Waals surface area contributed by atoms with Gasteiger partial charge in [0.15, 0.2) is 0 Å². The van der Waals surface area contributed by atoms with Crippen molar-refractivity contribution in [1.82, 2.24) is 0 Å². The number of benzene rings is 1. The predicted octanol–water partition coefficient (Wildman–Crippen LogP) is 2.68. The number of phenols is 1. The van der Waals surface area contributed by atoms with Crippen LogP contribution in [0.15, 0.2) is 18.2 Å². The van der Waals surface area contributed by atoms with Gasteiger partial charge in [0.25, 0.3) is 0 Å². The number of hydrogen-bond acceptors (Lipinski definition) is 1. The predicted molar refractivity (Wildman–Crippen MR) is 55.1 cm³/mol. The summed E-state index contributed by atoms with van der Waals surface area (Å²) in [5, 5.41) is 9.25. The monoisotopic (exact) mass is 194 g/mol. The summed E-state index contributed by atoms with van der Waals surface area (Å²) in [7, 11) is 0. The minimum atomic E-state index is 0.308. The zero-order valence-corrected chi connectivity index (χ0v) is 8.23. The largest absolute Gasteiger partial charge is 0.508 e. The molecule has 0 fully saturated rings. The molecule has 1 N–H and O–H groups in total. The van der Waals surface area contributed by atoms with Gasteiger partial charge in [0, 0.05) is 17.9 Å². The summed E-state index contributed by atoms with van der Waals surface area (Å²) in [6.45, 7) is 1.85. The van der Waals surface area contributed by atoms with Gasteiger partial charge in [-0.15, -0.1) is 11.6 Å². The Hall–Kier alpha value is -1.13. The fourth-order valence-corrected chi connectivity index (χ4v) is 1.04. The lowest BCUT2D eigenvalue weighted by molar-refractivity contribution is 0.471. The highest BCUT2D eigenvalue weighted by Gasteiger charge is 1.94. The average Bonchev–Trinajstić information content (AvgIpc) is 2.12. The highest BCUT2D eigenvalue weighted by atomic mass is 35.5. The van der Waals surface area contributed by atoms with Crippen LogP contribution in [0.3, 0.4) is 0 Å². The van der Waals surface area contributed by atoms with Gasteiger partial charge in [-0.2, -0.15) is 0 Å². The molecule has 0 atom stereocenters. The van der Waals surface area contributed by atoms with Gasteiger partial charge in [0.1, 0.15) is 5.75 Å². The van der Waals surface area contributed by atoms with Crippen molar-refractivity contribution in [2.45, 2.75) is 13.3 Å². The molecule has 1 aromatic carbocycles. The maximum Gasteiger partial charge on any atom is 0.118 e. The summed E-state index contributed by atoms with van der Waals surface area (Å²) >= 11 is 5.48. The molecule has 0 unspecified atom stereocenters. The number of phenolic OH excluding ortho intramolecular Hbond substituents is 1. The second-order valence-corrected chi connectivity index (χ2v) is 3.12. The Kier molecular flexibility index (Phi) is 3.67. The Morgan fingerprint density at radius 2 is 2.23 bits per heavy atom. The van der Waals surface area contributed by atoms with E-state index in [1.807, 2.05) is 13.0 Å². The molecule has 1 rings (SSSR count). The first-order valence-electron chi connectivity index (χ1n) is 4.08. The van der Waals surface area contributed by atoms with Gasteiger partial charge in [-0.25, -0.2) is 0 Å². The van der Waals surface area contributed by atoms with E-state index in [0.717, 1.165) is 11.1 Å². The van der Waals surface area contributed by atoms with E-state index in [9.17, 15) is 5.11 Å². The van der Waals surface area contributed by atoms with Crippen molar-refractivity contribution in [3.63, 3.8) is 0 Å². The Morgan fingerprint density at radius 3 is 2.85 bits per heavy atom. The molecule has 0 aliphatic heterocycles. The second-order valence-electron chi connectivity index (χ2n) is 2.74. The second kappa shape index (κ2) is 4.79. The molecule has 0 bridgehead atoms. The van der Waals surface area contributed by atoms with E-state index >= 15 is 0 Å². The molecule has 2 heteroatoms. The molecule has 68 valence electrons. The lowest BCUT2D eigenvalue weighted by Crippen LogP contribution is -1.78. The fourth-order valence-electron chi connectivity index (χ4n) is 0.945. The van der Waals surface area contributed by atoms with E-state index in [-0.39, 0.29) is 0 Å². The molecule has 0 aromatic heterocycles. The number of halogens is 1. The van der Waals surface area contributed by atoms with Crippen molar-refractivity contribution in [3.05, 3.63) is 29.3 Å². The first-order chi connectivity index (χ1) is 6.24. The van der Waals surface area contributed by atoms with Crippen LogP contribution in [0.25, 0.3) is 0 Å². The fraction of sp³-hybridized carbons (Fsp3) is 0.273. The molecule has 1 aromatic rings. The SMILES string of the molecule is Cc1cc(C#CCCCl)ccc1O. The standard InChI is InChI=1S/C11H11ClO/c1-9-8-10(4-2-3-7-12)5-6-11(9)13/h5-6,8,13H,3,7H2,1H3. The summed E-state index contributed by atoms with van der Waals surface area (Å²) in [4.78, 5) is 0. The van der Waals surface area contributed by atoms with E-state index in [2.05, 4.69) is 11.8 Å². The van der Waals surface area contributed by atoms with E-state index in [1.54, 1.807) is 12.1 Å². The third kappa shape index (κ3) is 3.01. The van der Waals surface area contributed by atoms with Crippen molar-refractivity contribution >= 4 is 11.6 Å². The van der Waals surface area contributed by atoms with Gasteiger partial charge in [-0.05, 0) is 30.7 Å². The van der Waals surface area contributed by atoms with E-state index in [1.165, 1.54) is 0 Å². The van der Waals surface area contributed by atoms with E-state index in [0.29, 0.717) is 18.1 Å². The summed E-state index contributed by atoms with van der Waals surface area (Å²) in [6, 6.07) is 5.31. The van der Waals surface area contributed by atoms with Crippen LogP contribution in [0.1, 0.15) is 17.5 Å². The van der Waals surface area contributed by atoms with Crippen molar-refractivity contribution < 1.29 is 5.11 Å². The Morgan fingerprint density at radius 1 is 1.46 bits per heavy atom. The molecule has 0 saturated heterocycles. The van der Waals surface area contributed by atoms with Crippen LogP contribution in [0, 0.1) is 18.8 Å². The molecule has 1 nitrogen and oxygen atoms in total. The van der Waals surface area contributed by atoms with Crippen molar-refractivity contribution in [3.8, 4) is 17.6 Å². The Bertz CT molecular complexity index is 347. The summed E-state index contributed by atoms with van der Waals surface area (Å²) in [6.07, 6.45) is 0.696. The number of aryl methyl sites for hydroxylation is 1. The summed E-state index contributed by atoms with van der Waals surface area (Å²) in [5.41, 5.74) is 1.76. The average molecular weight is 195 g/mol. The van der Waals surface area contributed by atoms with Crippen molar-refractivity contribution in [2.75, 3.05) is 5.88 Å². The van der Waals surface area contributed by atoms with Crippen LogP contribution in [-0.4, -0.2) is 11.0 Å². The Balaban J connectivity index is 2.81. The van der Waals surface area contributed by atoms with E-state index in [4.69, 9.17) is 11.6 Å². The third-order valence-electron chi connectivity index (χ3n) is 1.65. The lowest BCUT2D eigenvalue weighted by atomic mass is 10.1. The first-order valence-corrected chi connectivity index (χ1v) is 4.62. The molecular formula is C11H11ClO. The van der Waals surface area contributed by atoms with Crippen LogP contribution in [-0.2, 0) is 0 Å². The number of rotatable bonds is 1. The van der Waals surface area contributed by atoms with Gasteiger partial charge in [-0.3, -0.25) is 0 Å². The van der Waals surface area contributed by atoms with Gasteiger partial charge < -0.3 is 5.11 Å². The maximum absolute atomic E-state index is 9.25. The lowest BCUT2D eigenvalue weighted by Gasteiger charge is -1.97. The molecule has 0 spiro atoms. The summed E-state index contributed by atoms with van der Waals surface area (Å²) < 4.78 is 0. The van der Waals surface area contributed by atoms with Crippen molar-refractivity contribution in [2.24, 2.45) is 0 Å². The van der Waals surface area contributed by atoms with Gasteiger partial charge in [0.2, 0.25) is 0 Å². The minimum absolute atomic E-state index is 0.308. The smallest absolute Gasteiger partial charge is 0.118 e. The molecule has 0 saturated carbocycles. The summed E-state index contributed by atoms with van der Waals surface area (Å²) in [5.74, 6) is 6.77. The van der Waals surface area contributed by atoms with Crippen LogP contribution >= 0.6 is 11.6 Å². The van der Waals surface area contributed by atoms with Crippen LogP contribution in [0.2, 0.25) is 0 Å². The van der Waals surface area contributed by atoms with E-state index < -0.39 is 0 Å². The zero-order chi connectivity index (χ0) is 9.68.